The number of halogens is 1. The van der Waals surface area contributed by atoms with Crippen molar-refractivity contribution in [3.05, 3.63) is 38.7 Å². The number of fused-ring (bicyclic) bond motifs is 1. The lowest BCUT2D eigenvalue weighted by Gasteiger charge is -2.10. The molecule has 0 radical (unpaired) electrons. The van der Waals surface area contributed by atoms with E-state index in [1.165, 1.54) is 13.0 Å². The number of aryl methyl sites for hydroxylation is 1. The average molecular weight is 350 g/mol. The Morgan fingerprint density at radius 3 is 2.71 bits per heavy atom. The summed E-state index contributed by atoms with van der Waals surface area (Å²) in [5, 5.41) is 3.67. The van der Waals surface area contributed by atoms with E-state index < -0.39 is 11.6 Å². The van der Waals surface area contributed by atoms with Crippen LogP contribution in [0.25, 0.3) is 11.0 Å². The minimum absolute atomic E-state index is 0.0378. The van der Waals surface area contributed by atoms with Crippen LogP contribution in [0, 0.1) is 6.92 Å². The summed E-state index contributed by atoms with van der Waals surface area (Å²) in [4.78, 5) is 35.3. The van der Waals surface area contributed by atoms with Crippen molar-refractivity contribution in [2.75, 3.05) is 0 Å². The second-order valence-electron chi connectivity index (χ2n) is 5.88. The molecule has 2 aromatic rings. The molecule has 0 spiro atoms. The molecule has 126 valence electrons. The maximum atomic E-state index is 12.2. The lowest BCUT2D eigenvalue weighted by molar-refractivity contribution is -0.131. The summed E-state index contributed by atoms with van der Waals surface area (Å²) in [7, 11) is 0. The molecule has 1 aliphatic carbocycles. The van der Waals surface area contributed by atoms with E-state index in [2.05, 4.69) is 5.32 Å². The molecule has 24 heavy (non-hydrogen) atoms. The standard InChI is InChI=1S/C17H16ClNO5/c1-8-11-5-13(18)15(23-9(2)20)7-14(11)24-17(22)12(8)6-16(21)19-10-3-4-10/h5,7,10H,3-4,6H2,1-2H3,(H,19,21). The van der Waals surface area contributed by atoms with Crippen molar-refractivity contribution in [1.82, 2.24) is 5.32 Å². The first kappa shape index (κ1) is 16.5. The van der Waals surface area contributed by atoms with Crippen LogP contribution < -0.4 is 15.7 Å². The number of rotatable bonds is 4. The van der Waals surface area contributed by atoms with Crippen molar-refractivity contribution in [2.24, 2.45) is 0 Å². The first-order valence-electron chi connectivity index (χ1n) is 7.58. The molecule has 0 saturated heterocycles. The van der Waals surface area contributed by atoms with Crippen LogP contribution in [0.4, 0.5) is 0 Å². The summed E-state index contributed by atoms with van der Waals surface area (Å²) in [6.07, 6.45) is 1.92. The highest BCUT2D eigenvalue weighted by Gasteiger charge is 2.24. The van der Waals surface area contributed by atoms with Gasteiger partial charge in [-0.2, -0.15) is 0 Å². The molecule has 1 fully saturated rings. The van der Waals surface area contributed by atoms with E-state index in [0.717, 1.165) is 12.8 Å². The van der Waals surface area contributed by atoms with Gasteiger partial charge in [0.05, 0.1) is 17.0 Å². The van der Waals surface area contributed by atoms with Crippen LogP contribution in [0.1, 0.15) is 30.9 Å². The lowest BCUT2D eigenvalue weighted by atomic mass is 10.0. The zero-order valence-electron chi connectivity index (χ0n) is 13.3. The maximum Gasteiger partial charge on any atom is 0.340 e. The van der Waals surface area contributed by atoms with Crippen molar-refractivity contribution < 1.29 is 18.7 Å². The summed E-state index contributed by atoms with van der Waals surface area (Å²) in [5.74, 6) is -0.600. The molecule has 1 aromatic heterocycles. The molecule has 1 amide bonds. The third kappa shape index (κ3) is 3.43. The third-order valence-corrected chi connectivity index (χ3v) is 4.17. The summed E-state index contributed by atoms with van der Waals surface area (Å²) in [6.45, 7) is 2.99. The fourth-order valence-corrected chi connectivity index (χ4v) is 2.70. The second kappa shape index (κ2) is 6.28. The fraction of sp³-hybridized carbons (Fsp3) is 0.353. The Hall–Kier alpha value is -2.34. The van der Waals surface area contributed by atoms with Crippen LogP contribution in [0.15, 0.2) is 21.3 Å². The van der Waals surface area contributed by atoms with Crippen LogP contribution in [0.2, 0.25) is 5.02 Å². The quantitative estimate of drug-likeness (QED) is 0.520. The van der Waals surface area contributed by atoms with E-state index >= 15 is 0 Å². The predicted octanol–water partition coefficient (Wildman–Crippen LogP) is 2.50. The molecule has 0 unspecified atom stereocenters. The normalized spacial score (nSPS) is 13.8. The Bertz CT molecular complexity index is 898. The fourth-order valence-electron chi connectivity index (χ4n) is 2.49. The van der Waals surface area contributed by atoms with Gasteiger partial charge in [-0.3, -0.25) is 9.59 Å². The van der Waals surface area contributed by atoms with E-state index in [1.54, 1.807) is 13.0 Å². The molecule has 1 aromatic carbocycles. The van der Waals surface area contributed by atoms with Gasteiger partial charge in [0.2, 0.25) is 5.91 Å². The Balaban J connectivity index is 2.01. The van der Waals surface area contributed by atoms with Crippen LogP contribution in [0.5, 0.6) is 5.75 Å². The first-order valence-corrected chi connectivity index (χ1v) is 7.96. The van der Waals surface area contributed by atoms with Crippen molar-refractivity contribution in [1.29, 1.82) is 0 Å². The van der Waals surface area contributed by atoms with Crippen molar-refractivity contribution in [3.8, 4) is 5.75 Å². The largest absolute Gasteiger partial charge is 0.425 e. The summed E-state index contributed by atoms with van der Waals surface area (Å²) in [6, 6.07) is 3.20. The van der Waals surface area contributed by atoms with Gasteiger partial charge in [0.25, 0.3) is 0 Å². The molecular formula is C17H16ClNO5. The van der Waals surface area contributed by atoms with E-state index in [1.807, 2.05) is 0 Å². The Labute approximate surface area is 142 Å². The van der Waals surface area contributed by atoms with Gasteiger partial charge in [0.15, 0.2) is 5.75 Å². The SMILES string of the molecule is CC(=O)Oc1cc2oc(=O)c(CC(=O)NC3CC3)c(C)c2cc1Cl. The van der Waals surface area contributed by atoms with Gasteiger partial charge in [-0.05, 0) is 31.4 Å². The molecule has 1 N–H and O–H groups in total. The topological polar surface area (TPSA) is 85.6 Å². The number of esters is 1. The maximum absolute atomic E-state index is 12.2. The van der Waals surface area contributed by atoms with E-state index in [9.17, 15) is 14.4 Å². The highest BCUT2D eigenvalue weighted by molar-refractivity contribution is 6.33. The highest BCUT2D eigenvalue weighted by Crippen LogP contribution is 2.32. The van der Waals surface area contributed by atoms with Crippen molar-refractivity contribution >= 4 is 34.4 Å². The summed E-state index contributed by atoms with van der Waals surface area (Å²) < 4.78 is 10.3. The van der Waals surface area contributed by atoms with Gasteiger partial charge < -0.3 is 14.5 Å². The molecule has 1 heterocycles. The monoisotopic (exact) mass is 349 g/mol. The zero-order valence-corrected chi connectivity index (χ0v) is 14.0. The zero-order chi connectivity index (χ0) is 17.4. The smallest absolute Gasteiger partial charge is 0.340 e. The number of hydrogen-bond acceptors (Lipinski definition) is 5. The summed E-state index contributed by atoms with van der Waals surface area (Å²) in [5.41, 5.74) is 0.604. The van der Waals surface area contributed by atoms with Crippen LogP contribution in [0.3, 0.4) is 0 Å². The van der Waals surface area contributed by atoms with Gasteiger partial charge in [-0.15, -0.1) is 0 Å². The molecule has 1 aliphatic rings. The molecule has 3 rings (SSSR count). The van der Waals surface area contributed by atoms with Gasteiger partial charge >= 0.3 is 11.6 Å². The molecule has 0 aliphatic heterocycles. The number of nitrogens with one attached hydrogen (secondary N) is 1. The number of benzene rings is 1. The van der Waals surface area contributed by atoms with Gasteiger partial charge in [-0.1, -0.05) is 11.6 Å². The van der Waals surface area contributed by atoms with E-state index in [0.29, 0.717) is 16.5 Å². The Morgan fingerprint density at radius 1 is 1.38 bits per heavy atom. The number of carbonyl (C=O) groups excluding carboxylic acids is 2. The van der Waals surface area contributed by atoms with Gasteiger partial charge in [-0.25, -0.2) is 4.79 Å². The van der Waals surface area contributed by atoms with Crippen molar-refractivity contribution in [2.45, 2.75) is 39.2 Å². The van der Waals surface area contributed by atoms with Crippen LogP contribution in [-0.4, -0.2) is 17.9 Å². The molecule has 6 nitrogen and oxygen atoms in total. The van der Waals surface area contributed by atoms with Gasteiger partial charge in [0.1, 0.15) is 5.58 Å². The number of hydrogen-bond donors (Lipinski definition) is 1. The minimum Gasteiger partial charge on any atom is -0.425 e. The van der Waals surface area contributed by atoms with E-state index in [-0.39, 0.29) is 34.7 Å². The first-order chi connectivity index (χ1) is 11.3. The predicted molar refractivity (Wildman–Crippen MR) is 88.4 cm³/mol. The Kier molecular flexibility index (Phi) is 4.32. The molecule has 1 saturated carbocycles. The summed E-state index contributed by atoms with van der Waals surface area (Å²) >= 11 is 6.12. The highest BCUT2D eigenvalue weighted by atomic mass is 35.5. The number of amides is 1. The average Bonchev–Trinajstić information content (AvgIpc) is 3.29. The van der Waals surface area contributed by atoms with Crippen molar-refractivity contribution in [3.63, 3.8) is 0 Å². The van der Waals surface area contributed by atoms with E-state index in [4.69, 9.17) is 20.8 Å². The van der Waals surface area contributed by atoms with Crippen LogP contribution in [-0.2, 0) is 16.0 Å². The number of ether oxygens (including phenoxy) is 1. The number of carbonyl (C=O) groups is 2. The third-order valence-electron chi connectivity index (χ3n) is 3.87. The Morgan fingerprint density at radius 2 is 2.08 bits per heavy atom. The molecule has 0 bridgehead atoms. The molecular weight excluding hydrogens is 334 g/mol. The van der Waals surface area contributed by atoms with Gasteiger partial charge in [0, 0.05) is 24.4 Å². The molecule has 0 atom stereocenters. The van der Waals surface area contributed by atoms with Crippen LogP contribution >= 0.6 is 11.6 Å². The molecule has 7 heteroatoms. The lowest BCUT2D eigenvalue weighted by Crippen LogP contribution is -2.29. The minimum atomic E-state index is -0.581. The second-order valence-corrected chi connectivity index (χ2v) is 6.29.